The van der Waals surface area contributed by atoms with Gasteiger partial charge in [0.05, 0.1) is 13.0 Å². The number of carbonyl (C=O) groups is 1. The van der Waals surface area contributed by atoms with Crippen molar-refractivity contribution in [1.29, 1.82) is 0 Å². The van der Waals surface area contributed by atoms with Gasteiger partial charge in [0.2, 0.25) is 5.91 Å². The van der Waals surface area contributed by atoms with E-state index in [-0.39, 0.29) is 5.91 Å². The fourth-order valence-corrected chi connectivity index (χ4v) is 4.11. The molecule has 0 aromatic carbocycles. The highest BCUT2D eigenvalue weighted by atomic mass is 32.2. The number of hydrogen-bond donors (Lipinski definition) is 0. The number of amidine groups is 1. The fraction of sp³-hybridized carbons (Fsp3) is 0.500. The zero-order valence-electron chi connectivity index (χ0n) is 12.2. The van der Waals surface area contributed by atoms with Crippen molar-refractivity contribution in [3.05, 3.63) is 27.2 Å². The molecule has 0 spiro atoms. The summed E-state index contributed by atoms with van der Waals surface area (Å²) < 4.78 is 0. The Morgan fingerprint density at radius 1 is 1.52 bits per heavy atom. The molecule has 112 valence electrons. The molecule has 1 aromatic heterocycles. The number of carbonyl (C=O) groups excluding carboxylic acids is 1. The number of hydrogen-bond acceptors (Lipinski definition) is 6. The monoisotopic (exact) mass is 322 g/mol. The molecule has 1 amide bonds. The third-order valence-electron chi connectivity index (χ3n) is 3.46. The molecule has 0 N–H and O–H groups in total. The molecule has 3 rings (SSSR count). The van der Waals surface area contributed by atoms with Crippen LogP contribution in [0.4, 0.5) is 0 Å². The van der Waals surface area contributed by atoms with Crippen LogP contribution >= 0.6 is 23.1 Å². The first-order valence-corrected chi connectivity index (χ1v) is 8.72. The van der Waals surface area contributed by atoms with Gasteiger partial charge in [0, 0.05) is 36.9 Å². The van der Waals surface area contributed by atoms with Gasteiger partial charge < -0.3 is 9.80 Å². The van der Waals surface area contributed by atoms with E-state index < -0.39 is 0 Å². The smallest absolute Gasteiger partial charge is 0.228 e. The zero-order chi connectivity index (χ0) is 14.8. The highest BCUT2D eigenvalue weighted by Gasteiger charge is 2.27. The number of thioether (sulfide) groups is 1. The number of fused-ring (bicyclic) bond motifs is 1. The maximum absolute atomic E-state index is 12.4. The Bertz CT molecular complexity index is 608. The lowest BCUT2D eigenvalue weighted by Crippen LogP contribution is -2.33. The second-order valence-corrected chi connectivity index (χ2v) is 6.98. The lowest BCUT2D eigenvalue weighted by molar-refractivity contribution is -0.129. The number of amides is 1. The molecular formula is C14H18N4OS2. The topological polar surface area (TPSA) is 48.8 Å². The van der Waals surface area contributed by atoms with Gasteiger partial charge in [-0.25, -0.2) is 4.98 Å². The maximum Gasteiger partial charge on any atom is 0.228 e. The molecule has 0 atom stereocenters. The van der Waals surface area contributed by atoms with Crippen LogP contribution in [0.2, 0.25) is 0 Å². The van der Waals surface area contributed by atoms with Crippen LogP contribution in [-0.2, 0) is 11.3 Å². The van der Waals surface area contributed by atoms with Crippen molar-refractivity contribution in [2.24, 2.45) is 4.99 Å². The average Bonchev–Trinajstić information content (AvgIpc) is 3.06. The molecule has 0 fully saturated rings. The summed E-state index contributed by atoms with van der Waals surface area (Å²) in [6.45, 7) is 4.43. The van der Waals surface area contributed by atoms with E-state index in [1.54, 1.807) is 28.0 Å². The SMILES string of the molecule is Cc1csc(CN(C)C(=O)CC2=CSC3=NCCCN23)n1. The quantitative estimate of drug-likeness (QED) is 0.854. The Balaban J connectivity index is 1.58. The van der Waals surface area contributed by atoms with E-state index in [0.717, 1.165) is 41.1 Å². The summed E-state index contributed by atoms with van der Waals surface area (Å²) in [5.41, 5.74) is 2.09. The lowest BCUT2D eigenvalue weighted by atomic mass is 10.2. The summed E-state index contributed by atoms with van der Waals surface area (Å²) in [7, 11) is 1.84. The Morgan fingerprint density at radius 2 is 2.38 bits per heavy atom. The van der Waals surface area contributed by atoms with Crippen molar-refractivity contribution < 1.29 is 4.79 Å². The van der Waals surface area contributed by atoms with Gasteiger partial charge in [-0.2, -0.15) is 0 Å². The van der Waals surface area contributed by atoms with Crippen LogP contribution in [0.5, 0.6) is 0 Å². The highest BCUT2D eigenvalue weighted by molar-refractivity contribution is 8.16. The molecule has 0 radical (unpaired) electrons. The van der Waals surface area contributed by atoms with Crippen molar-refractivity contribution >= 4 is 34.2 Å². The number of rotatable bonds is 4. The molecule has 0 unspecified atom stereocenters. The highest BCUT2D eigenvalue weighted by Crippen LogP contribution is 2.30. The summed E-state index contributed by atoms with van der Waals surface area (Å²) in [5, 5.41) is 6.10. The molecule has 1 aromatic rings. The zero-order valence-corrected chi connectivity index (χ0v) is 13.8. The molecule has 2 aliphatic rings. The first-order chi connectivity index (χ1) is 10.1. The van der Waals surface area contributed by atoms with Crippen LogP contribution in [0, 0.1) is 6.92 Å². The predicted octanol–water partition coefficient (Wildman–Crippen LogP) is 2.45. The Hall–Kier alpha value is -1.34. The molecular weight excluding hydrogens is 304 g/mol. The van der Waals surface area contributed by atoms with Gasteiger partial charge in [-0.3, -0.25) is 9.79 Å². The second-order valence-electron chi connectivity index (χ2n) is 5.21. The van der Waals surface area contributed by atoms with Gasteiger partial charge >= 0.3 is 0 Å². The summed E-state index contributed by atoms with van der Waals surface area (Å²) in [4.78, 5) is 25.2. The maximum atomic E-state index is 12.4. The van der Waals surface area contributed by atoms with Crippen molar-refractivity contribution in [3.63, 3.8) is 0 Å². The third kappa shape index (κ3) is 3.29. The van der Waals surface area contributed by atoms with Gasteiger partial charge in [0.25, 0.3) is 0 Å². The third-order valence-corrected chi connectivity index (χ3v) is 5.36. The molecule has 2 aliphatic heterocycles. The second kappa shape index (κ2) is 6.19. The van der Waals surface area contributed by atoms with Crippen molar-refractivity contribution in [2.45, 2.75) is 26.3 Å². The first kappa shape index (κ1) is 14.6. The van der Waals surface area contributed by atoms with E-state index in [1.165, 1.54) is 0 Å². The Kier molecular flexibility index (Phi) is 4.30. The minimum atomic E-state index is 0.126. The van der Waals surface area contributed by atoms with Gasteiger partial charge in [-0.15, -0.1) is 11.3 Å². The number of nitrogens with zero attached hydrogens (tertiary/aromatic N) is 4. The molecule has 7 heteroatoms. The van der Waals surface area contributed by atoms with Crippen LogP contribution in [0.25, 0.3) is 0 Å². The first-order valence-electron chi connectivity index (χ1n) is 6.96. The molecule has 5 nitrogen and oxygen atoms in total. The molecule has 3 heterocycles. The van der Waals surface area contributed by atoms with E-state index in [1.807, 2.05) is 19.4 Å². The average molecular weight is 322 g/mol. The van der Waals surface area contributed by atoms with Crippen LogP contribution in [-0.4, -0.2) is 46.0 Å². The summed E-state index contributed by atoms with van der Waals surface area (Å²) in [6.07, 6.45) is 1.50. The van der Waals surface area contributed by atoms with Gasteiger partial charge in [-0.05, 0) is 18.8 Å². The Morgan fingerprint density at radius 3 is 3.14 bits per heavy atom. The van der Waals surface area contributed by atoms with Crippen LogP contribution in [0.1, 0.15) is 23.5 Å². The minimum absolute atomic E-state index is 0.126. The number of thiazole rings is 1. The Labute approximate surface area is 132 Å². The van der Waals surface area contributed by atoms with Crippen molar-refractivity contribution in [2.75, 3.05) is 20.1 Å². The number of aliphatic imine (C=N–C) groups is 1. The molecule has 0 saturated carbocycles. The molecule has 0 bridgehead atoms. The minimum Gasteiger partial charge on any atom is -0.339 e. The van der Waals surface area contributed by atoms with E-state index in [4.69, 9.17) is 0 Å². The summed E-state index contributed by atoms with van der Waals surface area (Å²) in [6, 6.07) is 0. The van der Waals surface area contributed by atoms with Gasteiger partial charge in [-0.1, -0.05) is 11.8 Å². The molecule has 0 saturated heterocycles. The van der Waals surface area contributed by atoms with Crippen LogP contribution in [0.3, 0.4) is 0 Å². The van der Waals surface area contributed by atoms with Gasteiger partial charge in [0.1, 0.15) is 5.01 Å². The van der Waals surface area contributed by atoms with E-state index in [2.05, 4.69) is 20.3 Å². The number of aromatic nitrogens is 1. The predicted molar refractivity (Wildman–Crippen MR) is 87.2 cm³/mol. The summed E-state index contributed by atoms with van der Waals surface area (Å²) in [5.74, 6) is 0.126. The van der Waals surface area contributed by atoms with E-state index in [9.17, 15) is 4.79 Å². The van der Waals surface area contributed by atoms with Crippen LogP contribution < -0.4 is 0 Å². The molecule has 0 aliphatic carbocycles. The van der Waals surface area contributed by atoms with Gasteiger partial charge in [0.15, 0.2) is 5.17 Å². The van der Waals surface area contributed by atoms with Crippen LogP contribution in [0.15, 0.2) is 21.5 Å². The lowest BCUT2D eigenvalue weighted by Gasteiger charge is -2.26. The number of aryl methyl sites for hydroxylation is 1. The normalized spacial score (nSPS) is 17.3. The van der Waals surface area contributed by atoms with Crippen molar-refractivity contribution in [3.8, 4) is 0 Å². The fourth-order valence-electron chi connectivity index (χ4n) is 2.33. The van der Waals surface area contributed by atoms with Crippen molar-refractivity contribution in [1.82, 2.24) is 14.8 Å². The van der Waals surface area contributed by atoms with E-state index in [0.29, 0.717) is 13.0 Å². The molecule has 21 heavy (non-hydrogen) atoms. The summed E-state index contributed by atoms with van der Waals surface area (Å²) >= 11 is 3.23. The standard InChI is InChI=1S/C14H18N4OS2/c1-10-8-20-12(16-10)7-17(2)13(19)6-11-9-21-14-15-4-3-5-18(11)14/h8-9H,3-7H2,1-2H3. The largest absolute Gasteiger partial charge is 0.339 e. The van der Waals surface area contributed by atoms with E-state index >= 15 is 0 Å².